The molecule has 0 radical (unpaired) electrons. The molecule has 2 saturated heterocycles. The van der Waals surface area contributed by atoms with E-state index in [2.05, 4.69) is 15.3 Å². The van der Waals surface area contributed by atoms with Crippen molar-refractivity contribution in [3.05, 3.63) is 36.2 Å². The van der Waals surface area contributed by atoms with Crippen LogP contribution in [0.25, 0.3) is 11.0 Å². The van der Waals surface area contributed by atoms with Gasteiger partial charge in [0, 0.05) is 44.2 Å². The van der Waals surface area contributed by atoms with Crippen LogP contribution in [0.15, 0.2) is 30.6 Å². The molecule has 132 valence electrons. The normalized spacial score (nSPS) is 25.0. The summed E-state index contributed by atoms with van der Waals surface area (Å²) in [4.78, 5) is 21.5. The highest BCUT2D eigenvalue weighted by Gasteiger charge is 2.34. The van der Waals surface area contributed by atoms with Crippen LogP contribution >= 0.6 is 0 Å². The molecule has 2 atom stereocenters. The van der Waals surface area contributed by atoms with E-state index in [1.807, 2.05) is 18.2 Å². The minimum absolute atomic E-state index is 0.0740. The Morgan fingerprint density at radius 1 is 1.04 bits per heavy atom. The average Bonchev–Trinajstić information content (AvgIpc) is 2.68. The zero-order chi connectivity index (χ0) is 17.1. The minimum atomic E-state index is -0.0740. The van der Waals surface area contributed by atoms with Gasteiger partial charge in [-0.05, 0) is 37.3 Å². The van der Waals surface area contributed by atoms with Gasteiger partial charge in [-0.25, -0.2) is 0 Å². The number of nitrogens with zero attached hydrogens (tertiary/aromatic N) is 2. The summed E-state index contributed by atoms with van der Waals surface area (Å²) in [5.41, 5.74) is 1.98. The second kappa shape index (κ2) is 7.45. The number of hydrogen-bond acceptors (Lipinski definition) is 5. The number of carbonyl (C=O) groups is 1. The van der Waals surface area contributed by atoms with Crippen molar-refractivity contribution in [1.29, 1.82) is 0 Å². The van der Waals surface area contributed by atoms with Crippen molar-refractivity contribution in [1.82, 2.24) is 15.3 Å². The molecular formula is C19H23N3O3. The highest BCUT2D eigenvalue weighted by Crippen LogP contribution is 2.30. The Morgan fingerprint density at radius 3 is 2.72 bits per heavy atom. The smallest absolute Gasteiger partial charge is 0.253 e. The highest BCUT2D eigenvalue weighted by molar-refractivity contribution is 6.04. The lowest BCUT2D eigenvalue weighted by Crippen LogP contribution is -2.49. The van der Waals surface area contributed by atoms with Crippen molar-refractivity contribution >= 4 is 16.9 Å². The van der Waals surface area contributed by atoms with Crippen LogP contribution in [0.2, 0.25) is 0 Å². The number of nitrogens with one attached hydrogen (secondary N) is 1. The summed E-state index contributed by atoms with van der Waals surface area (Å²) in [6.07, 6.45) is 6.20. The molecule has 0 bridgehead atoms. The Hall–Kier alpha value is -2.05. The van der Waals surface area contributed by atoms with Crippen LogP contribution in [-0.2, 0) is 9.47 Å². The van der Waals surface area contributed by atoms with Gasteiger partial charge in [0.25, 0.3) is 5.91 Å². The molecule has 0 unspecified atom stereocenters. The minimum Gasteiger partial charge on any atom is -0.381 e. The number of para-hydroxylation sites is 1. The first-order valence-electron chi connectivity index (χ1n) is 8.99. The Kier molecular flexibility index (Phi) is 4.90. The lowest BCUT2D eigenvalue weighted by atomic mass is 9.79. The lowest BCUT2D eigenvalue weighted by Gasteiger charge is -2.39. The van der Waals surface area contributed by atoms with E-state index in [9.17, 15) is 4.79 Å². The van der Waals surface area contributed by atoms with E-state index in [0.29, 0.717) is 36.1 Å². The molecule has 6 nitrogen and oxygen atoms in total. The van der Waals surface area contributed by atoms with Gasteiger partial charge in [0.1, 0.15) is 5.52 Å². The standard InChI is InChI=1S/C19H23N3O3/c23-19(14-2-1-3-17-18(14)21-8-7-20-17)22-16-6-11-25-12-15(16)13-4-9-24-10-5-13/h1-3,7-8,13,15-16H,4-6,9-12H2,(H,22,23)/t15-,16-/m0/s1. The van der Waals surface area contributed by atoms with Gasteiger partial charge in [-0.15, -0.1) is 0 Å². The quantitative estimate of drug-likeness (QED) is 0.926. The van der Waals surface area contributed by atoms with E-state index >= 15 is 0 Å². The Morgan fingerprint density at radius 2 is 1.84 bits per heavy atom. The summed E-state index contributed by atoms with van der Waals surface area (Å²) in [5, 5.41) is 3.25. The fourth-order valence-electron chi connectivity index (χ4n) is 3.97. The van der Waals surface area contributed by atoms with E-state index in [-0.39, 0.29) is 11.9 Å². The molecule has 1 aromatic carbocycles. The Labute approximate surface area is 146 Å². The van der Waals surface area contributed by atoms with Crippen molar-refractivity contribution in [3.8, 4) is 0 Å². The van der Waals surface area contributed by atoms with E-state index in [0.717, 1.165) is 38.0 Å². The number of fused-ring (bicyclic) bond motifs is 1. The van der Waals surface area contributed by atoms with Crippen LogP contribution in [-0.4, -0.2) is 48.3 Å². The third-order valence-electron chi connectivity index (χ3n) is 5.33. The molecule has 2 aliphatic rings. The number of rotatable bonds is 3. The van der Waals surface area contributed by atoms with Gasteiger partial charge < -0.3 is 14.8 Å². The second-order valence-electron chi connectivity index (χ2n) is 6.79. The third-order valence-corrected chi connectivity index (χ3v) is 5.33. The Bertz CT molecular complexity index is 740. The topological polar surface area (TPSA) is 73.3 Å². The number of hydrogen-bond donors (Lipinski definition) is 1. The number of aromatic nitrogens is 2. The van der Waals surface area contributed by atoms with E-state index in [1.165, 1.54) is 0 Å². The van der Waals surface area contributed by atoms with Crippen molar-refractivity contribution in [2.75, 3.05) is 26.4 Å². The summed E-state index contributed by atoms with van der Waals surface area (Å²) in [6.45, 7) is 3.02. The van der Waals surface area contributed by atoms with E-state index < -0.39 is 0 Å². The fraction of sp³-hybridized carbons (Fsp3) is 0.526. The van der Waals surface area contributed by atoms with Crippen LogP contribution in [0.3, 0.4) is 0 Å². The number of amides is 1. The van der Waals surface area contributed by atoms with Crippen LogP contribution in [0.4, 0.5) is 0 Å². The van der Waals surface area contributed by atoms with E-state index in [1.54, 1.807) is 12.4 Å². The molecule has 1 aromatic heterocycles. The van der Waals surface area contributed by atoms with Gasteiger partial charge in [0.05, 0.1) is 17.7 Å². The Balaban J connectivity index is 1.53. The molecule has 0 saturated carbocycles. The van der Waals surface area contributed by atoms with Gasteiger partial charge in [0.2, 0.25) is 0 Å². The molecule has 6 heteroatoms. The average molecular weight is 341 g/mol. The predicted octanol–water partition coefficient (Wildman–Crippen LogP) is 2.19. The number of benzene rings is 1. The summed E-state index contributed by atoms with van der Waals surface area (Å²) in [6, 6.07) is 5.68. The molecular weight excluding hydrogens is 318 g/mol. The first-order valence-corrected chi connectivity index (χ1v) is 8.99. The van der Waals surface area contributed by atoms with Crippen molar-refractivity contribution in [2.24, 2.45) is 11.8 Å². The maximum atomic E-state index is 12.9. The summed E-state index contributed by atoms with van der Waals surface area (Å²) >= 11 is 0. The van der Waals surface area contributed by atoms with Gasteiger partial charge in [0.15, 0.2) is 0 Å². The van der Waals surface area contributed by atoms with Crippen LogP contribution in [0, 0.1) is 11.8 Å². The molecule has 2 aromatic rings. The summed E-state index contributed by atoms with van der Waals surface area (Å²) in [7, 11) is 0. The maximum absolute atomic E-state index is 12.9. The van der Waals surface area contributed by atoms with Gasteiger partial charge in [-0.2, -0.15) is 0 Å². The molecule has 1 amide bonds. The van der Waals surface area contributed by atoms with Gasteiger partial charge in [-0.3, -0.25) is 14.8 Å². The molecule has 4 rings (SSSR count). The van der Waals surface area contributed by atoms with Gasteiger partial charge >= 0.3 is 0 Å². The summed E-state index contributed by atoms with van der Waals surface area (Å²) < 4.78 is 11.2. The van der Waals surface area contributed by atoms with Crippen LogP contribution in [0.1, 0.15) is 29.6 Å². The highest BCUT2D eigenvalue weighted by atomic mass is 16.5. The molecule has 2 fully saturated rings. The second-order valence-corrected chi connectivity index (χ2v) is 6.79. The predicted molar refractivity (Wildman–Crippen MR) is 93.3 cm³/mol. The number of ether oxygens (including phenoxy) is 2. The lowest BCUT2D eigenvalue weighted by molar-refractivity contribution is -0.0259. The molecule has 1 N–H and O–H groups in total. The first-order chi connectivity index (χ1) is 12.3. The van der Waals surface area contributed by atoms with Crippen molar-refractivity contribution in [3.63, 3.8) is 0 Å². The fourth-order valence-corrected chi connectivity index (χ4v) is 3.97. The van der Waals surface area contributed by atoms with Crippen molar-refractivity contribution < 1.29 is 14.3 Å². The third kappa shape index (κ3) is 3.50. The largest absolute Gasteiger partial charge is 0.381 e. The first kappa shape index (κ1) is 16.4. The monoisotopic (exact) mass is 341 g/mol. The van der Waals surface area contributed by atoms with E-state index in [4.69, 9.17) is 9.47 Å². The number of carbonyl (C=O) groups excluding carboxylic acids is 1. The SMILES string of the molecule is O=C(N[C@H]1CCOC[C@H]1C1CCOCC1)c1cccc2nccnc12. The van der Waals surface area contributed by atoms with Crippen LogP contribution < -0.4 is 5.32 Å². The molecule has 2 aliphatic heterocycles. The zero-order valence-corrected chi connectivity index (χ0v) is 14.2. The molecule has 0 spiro atoms. The maximum Gasteiger partial charge on any atom is 0.253 e. The van der Waals surface area contributed by atoms with Crippen LogP contribution in [0.5, 0.6) is 0 Å². The molecule has 3 heterocycles. The van der Waals surface area contributed by atoms with Crippen molar-refractivity contribution in [2.45, 2.75) is 25.3 Å². The summed E-state index contributed by atoms with van der Waals surface area (Å²) in [5.74, 6) is 0.823. The molecule has 25 heavy (non-hydrogen) atoms. The molecule has 0 aliphatic carbocycles. The van der Waals surface area contributed by atoms with Gasteiger partial charge in [-0.1, -0.05) is 6.07 Å². The zero-order valence-electron chi connectivity index (χ0n) is 14.2.